The molecule has 0 saturated carbocycles. The van der Waals surface area contributed by atoms with E-state index >= 15 is 0 Å². The second-order valence-electron chi connectivity index (χ2n) is 6.48. The lowest BCUT2D eigenvalue weighted by Crippen LogP contribution is -2.32. The van der Waals surface area contributed by atoms with E-state index in [9.17, 15) is 22.4 Å². The molecule has 0 radical (unpaired) electrons. The van der Waals surface area contributed by atoms with E-state index in [1.165, 1.54) is 12.1 Å². The van der Waals surface area contributed by atoms with Gasteiger partial charge in [0.05, 0.1) is 30.0 Å². The van der Waals surface area contributed by atoms with Gasteiger partial charge < -0.3 is 14.6 Å². The summed E-state index contributed by atoms with van der Waals surface area (Å²) in [7, 11) is 0. The number of para-hydroxylation sites is 2. The van der Waals surface area contributed by atoms with Gasteiger partial charge in [0.15, 0.2) is 0 Å². The fourth-order valence-corrected chi connectivity index (χ4v) is 2.90. The summed E-state index contributed by atoms with van der Waals surface area (Å²) in [6, 6.07) is 12.6. The average Bonchev–Trinajstić information content (AvgIpc) is 3.08. The number of ether oxygens (including phenoxy) is 1. The van der Waals surface area contributed by atoms with Crippen LogP contribution in [0.1, 0.15) is 18.0 Å². The van der Waals surface area contributed by atoms with Crippen LogP contribution in [0.5, 0.6) is 0 Å². The van der Waals surface area contributed by atoms with E-state index in [4.69, 9.17) is 0 Å². The van der Waals surface area contributed by atoms with Crippen molar-refractivity contribution >= 4 is 16.9 Å². The maximum absolute atomic E-state index is 13.3. The minimum atomic E-state index is -4.43. The number of rotatable bonds is 8. The summed E-state index contributed by atoms with van der Waals surface area (Å²) in [5.74, 6) is -0.877. The van der Waals surface area contributed by atoms with E-state index in [0.717, 1.165) is 11.0 Å². The summed E-state index contributed by atoms with van der Waals surface area (Å²) in [6.07, 6.45) is -3.02. The number of aromatic nitrogens is 2. The minimum Gasteiger partial charge on any atom is -0.372 e. The van der Waals surface area contributed by atoms with Crippen LogP contribution < -0.4 is 5.32 Å². The Balaban J connectivity index is 1.70. The van der Waals surface area contributed by atoms with Crippen molar-refractivity contribution in [3.8, 4) is 0 Å². The Bertz CT molecular complexity index is 954. The number of fused-ring (bicyclic) bond motifs is 1. The van der Waals surface area contributed by atoms with Crippen molar-refractivity contribution in [3.63, 3.8) is 0 Å². The summed E-state index contributed by atoms with van der Waals surface area (Å²) < 4.78 is 56.0. The molecule has 1 unspecified atom stereocenters. The predicted molar refractivity (Wildman–Crippen MR) is 98.5 cm³/mol. The topological polar surface area (TPSA) is 56.1 Å². The third-order valence-electron chi connectivity index (χ3n) is 4.25. The van der Waals surface area contributed by atoms with Crippen LogP contribution >= 0.6 is 0 Å². The summed E-state index contributed by atoms with van der Waals surface area (Å²) in [6.45, 7) is -1.43. The number of imidazole rings is 1. The molecule has 5 nitrogen and oxygen atoms in total. The number of nitrogens with one attached hydrogen (secondary N) is 1. The van der Waals surface area contributed by atoms with E-state index in [0.29, 0.717) is 12.1 Å². The molecule has 154 valence electrons. The van der Waals surface area contributed by atoms with Gasteiger partial charge in [-0.25, -0.2) is 9.37 Å². The molecule has 0 fully saturated rings. The molecule has 29 heavy (non-hydrogen) atoms. The van der Waals surface area contributed by atoms with E-state index in [1.54, 1.807) is 18.5 Å². The maximum atomic E-state index is 13.3. The van der Waals surface area contributed by atoms with Crippen molar-refractivity contribution in [2.75, 3.05) is 13.2 Å². The van der Waals surface area contributed by atoms with Gasteiger partial charge in [-0.2, -0.15) is 13.2 Å². The highest BCUT2D eigenvalue weighted by Crippen LogP contribution is 2.20. The quantitative estimate of drug-likeness (QED) is 0.452. The number of halogens is 4. The van der Waals surface area contributed by atoms with Crippen molar-refractivity contribution in [3.05, 3.63) is 66.2 Å². The normalized spacial score (nSPS) is 12.8. The smallest absolute Gasteiger partial charge is 0.372 e. The number of hydrogen-bond acceptors (Lipinski definition) is 3. The Hall–Kier alpha value is -2.94. The van der Waals surface area contributed by atoms with Crippen LogP contribution in [-0.2, 0) is 16.1 Å². The van der Waals surface area contributed by atoms with Gasteiger partial charge in [0.1, 0.15) is 12.4 Å². The number of benzene rings is 2. The summed E-state index contributed by atoms with van der Waals surface area (Å²) in [5, 5.41) is 2.78. The molecule has 0 bridgehead atoms. The molecule has 1 heterocycles. The van der Waals surface area contributed by atoms with Crippen molar-refractivity contribution < 1.29 is 27.1 Å². The molecule has 0 aliphatic carbocycles. The van der Waals surface area contributed by atoms with Gasteiger partial charge in [-0.3, -0.25) is 4.79 Å². The molecule has 0 spiro atoms. The van der Waals surface area contributed by atoms with Gasteiger partial charge in [-0.1, -0.05) is 24.3 Å². The number of carbonyl (C=O) groups excluding carboxylic acids is 1. The molecule has 0 aliphatic heterocycles. The maximum Gasteiger partial charge on any atom is 0.411 e. The predicted octanol–water partition coefficient (Wildman–Crippen LogP) is 4.00. The van der Waals surface area contributed by atoms with Gasteiger partial charge in [-0.15, -0.1) is 0 Å². The van der Waals surface area contributed by atoms with Crippen molar-refractivity contribution in [1.82, 2.24) is 14.9 Å². The van der Waals surface area contributed by atoms with Gasteiger partial charge in [-0.05, 0) is 29.8 Å². The third-order valence-corrected chi connectivity index (χ3v) is 4.25. The largest absolute Gasteiger partial charge is 0.411 e. The van der Waals surface area contributed by atoms with Crippen LogP contribution in [0.4, 0.5) is 17.6 Å². The highest BCUT2D eigenvalue weighted by Gasteiger charge is 2.27. The first-order chi connectivity index (χ1) is 13.8. The Morgan fingerprint density at radius 3 is 2.59 bits per heavy atom. The molecule has 1 amide bonds. The molecule has 3 rings (SSSR count). The Morgan fingerprint density at radius 2 is 1.86 bits per heavy atom. The van der Waals surface area contributed by atoms with Gasteiger partial charge in [0, 0.05) is 13.0 Å². The monoisotopic (exact) mass is 409 g/mol. The zero-order valence-electron chi connectivity index (χ0n) is 15.3. The van der Waals surface area contributed by atoms with Crippen LogP contribution in [0.25, 0.3) is 11.0 Å². The summed E-state index contributed by atoms with van der Waals surface area (Å²) in [4.78, 5) is 16.5. The average molecular weight is 409 g/mol. The number of hydrogen-bond donors (Lipinski definition) is 1. The zero-order valence-corrected chi connectivity index (χ0v) is 15.3. The Labute approximate surface area is 164 Å². The van der Waals surface area contributed by atoms with Crippen LogP contribution in [0.15, 0.2) is 54.9 Å². The van der Waals surface area contributed by atoms with Crippen molar-refractivity contribution in [2.24, 2.45) is 0 Å². The van der Waals surface area contributed by atoms with E-state index in [1.807, 2.05) is 28.8 Å². The fourth-order valence-electron chi connectivity index (χ4n) is 2.90. The zero-order chi connectivity index (χ0) is 20.9. The lowest BCUT2D eigenvalue weighted by molar-refractivity contribution is -0.174. The number of nitrogens with zero attached hydrogens (tertiary/aromatic N) is 2. The molecule has 1 aromatic heterocycles. The fraction of sp³-hybridized carbons (Fsp3) is 0.300. The first-order valence-corrected chi connectivity index (χ1v) is 8.91. The molecule has 1 N–H and O–H groups in total. The van der Waals surface area contributed by atoms with Crippen molar-refractivity contribution in [2.45, 2.75) is 25.2 Å². The second-order valence-corrected chi connectivity index (χ2v) is 6.48. The minimum absolute atomic E-state index is 0.224. The molecule has 2 aromatic carbocycles. The van der Waals surface area contributed by atoms with Gasteiger partial charge >= 0.3 is 6.18 Å². The van der Waals surface area contributed by atoms with Crippen LogP contribution in [-0.4, -0.2) is 34.8 Å². The number of amides is 1. The SMILES string of the molecule is O=C(CCOCC(F)(F)F)NC(Cn1cnc2ccccc21)c1ccc(F)cc1. The number of carbonyl (C=O) groups is 1. The highest BCUT2D eigenvalue weighted by atomic mass is 19.4. The molecule has 0 saturated heterocycles. The Kier molecular flexibility index (Phi) is 6.48. The van der Waals surface area contributed by atoms with E-state index < -0.39 is 30.5 Å². The highest BCUT2D eigenvalue weighted by molar-refractivity contribution is 5.77. The number of alkyl halides is 3. The molecular weight excluding hydrogens is 390 g/mol. The lowest BCUT2D eigenvalue weighted by atomic mass is 10.1. The van der Waals surface area contributed by atoms with Crippen molar-refractivity contribution in [1.29, 1.82) is 0 Å². The summed E-state index contributed by atoms with van der Waals surface area (Å²) in [5.41, 5.74) is 2.31. The van der Waals surface area contributed by atoms with Crippen LogP contribution in [0, 0.1) is 5.82 Å². The van der Waals surface area contributed by atoms with E-state index in [2.05, 4.69) is 15.0 Å². The van der Waals surface area contributed by atoms with Crippen LogP contribution in [0.2, 0.25) is 0 Å². The molecular formula is C20H19F4N3O2. The molecule has 0 aliphatic rings. The van der Waals surface area contributed by atoms with Gasteiger partial charge in [0.2, 0.25) is 5.91 Å². The van der Waals surface area contributed by atoms with Crippen LogP contribution in [0.3, 0.4) is 0 Å². The third kappa shape index (κ3) is 6.02. The summed E-state index contributed by atoms with van der Waals surface area (Å²) >= 11 is 0. The lowest BCUT2D eigenvalue weighted by Gasteiger charge is -2.20. The molecule has 1 atom stereocenters. The van der Waals surface area contributed by atoms with Gasteiger partial charge in [0.25, 0.3) is 0 Å². The molecule has 3 aromatic rings. The first kappa shape index (κ1) is 20.8. The Morgan fingerprint density at radius 1 is 1.14 bits per heavy atom. The molecule has 9 heteroatoms. The first-order valence-electron chi connectivity index (χ1n) is 8.91. The standard InChI is InChI=1S/C20H19F4N3O2/c21-15-7-5-14(6-8-15)17(26-19(28)9-10-29-12-20(22,23)24)11-27-13-25-16-3-1-2-4-18(16)27/h1-8,13,17H,9-12H2,(H,26,28). The second kappa shape index (κ2) is 9.04. The van der Waals surface area contributed by atoms with E-state index in [-0.39, 0.29) is 13.0 Å².